The molecule has 3 aromatic rings. The number of allylic oxidation sites excluding steroid dienone is 3. The summed E-state index contributed by atoms with van der Waals surface area (Å²) in [4.78, 5) is 12.1. The fourth-order valence-corrected chi connectivity index (χ4v) is 2.20. The van der Waals surface area contributed by atoms with E-state index in [1.165, 1.54) is 0 Å². The summed E-state index contributed by atoms with van der Waals surface area (Å²) in [5.74, 6) is -0.190. The number of nitrogens with one attached hydrogen (secondary N) is 1. The van der Waals surface area contributed by atoms with Crippen LogP contribution >= 0.6 is 0 Å². The molecule has 2 aromatic heterocycles. The zero-order valence-electron chi connectivity index (χ0n) is 13.7. The van der Waals surface area contributed by atoms with Crippen LogP contribution in [0, 0.1) is 0 Å². The molecule has 25 heavy (non-hydrogen) atoms. The molecule has 6 heteroatoms. The number of hydrogen-bond acceptors (Lipinski definition) is 3. The highest BCUT2D eigenvalue weighted by Crippen LogP contribution is 2.00. The highest BCUT2D eigenvalue weighted by Gasteiger charge is 2.08. The SMILES string of the molecule is O=C(NCc1ccccc1)c1ccn(/C=C/C=C/Cn2cccn2)n1. The minimum Gasteiger partial charge on any atom is -0.347 e. The second-order valence-corrected chi connectivity index (χ2v) is 5.35. The third-order valence-corrected chi connectivity index (χ3v) is 3.47. The molecule has 0 aliphatic rings. The van der Waals surface area contributed by atoms with Crippen LogP contribution in [0.3, 0.4) is 0 Å². The van der Waals surface area contributed by atoms with Gasteiger partial charge in [0.2, 0.25) is 0 Å². The van der Waals surface area contributed by atoms with Crippen molar-refractivity contribution in [2.24, 2.45) is 0 Å². The Morgan fingerprint density at radius 3 is 2.76 bits per heavy atom. The van der Waals surface area contributed by atoms with E-state index < -0.39 is 0 Å². The third kappa shape index (κ3) is 5.04. The first-order chi connectivity index (χ1) is 12.3. The van der Waals surface area contributed by atoms with Gasteiger partial charge in [-0.05, 0) is 23.8 Å². The minimum absolute atomic E-state index is 0.190. The van der Waals surface area contributed by atoms with Crippen molar-refractivity contribution in [2.45, 2.75) is 13.1 Å². The molecule has 0 bridgehead atoms. The van der Waals surface area contributed by atoms with Gasteiger partial charge in [-0.25, -0.2) is 4.68 Å². The summed E-state index contributed by atoms with van der Waals surface area (Å²) >= 11 is 0. The van der Waals surface area contributed by atoms with Crippen LogP contribution in [0.2, 0.25) is 0 Å². The van der Waals surface area contributed by atoms with E-state index in [9.17, 15) is 4.79 Å². The molecule has 0 unspecified atom stereocenters. The van der Waals surface area contributed by atoms with Gasteiger partial charge in [-0.15, -0.1) is 0 Å². The Balaban J connectivity index is 1.48. The van der Waals surface area contributed by atoms with Gasteiger partial charge in [-0.3, -0.25) is 9.48 Å². The van der Waals surface area contributed by atoms with E-state index in [-0.39, 0.29) is 5.91 Å². The molecule has 3 rings (SSSR count). The maximum Gasteiger partial charge on any atom is 0.272 e. The Labute approximate surface area is 146 Å². The van der Waals surface area contributed by atoms with Crippen LogP contribution in [-0.2, 0) is 13.1 Å². The number of amides is 1. The quantitative estimate of drug-likeness (QED) is 0.676. The minimum atomic E-state index is -0.190. The molecule has 126 valence electrons. The summed E-state index contributed by atoms with van der Waals surface area (Å²) in [6.07, 6.45) is 12.9. The van der Waals surface area contributed by atoms with Gasteiger partial charge in [0.05, 0.1) is 6.54 Å². The maximum atomic E-state index is 12.1. The van der Waals surface area contributed by atoms with Crippen molar-refractivity contribution in [2.75, 3.05) is 0 Å². The van der Waals surface area contributed by atoms with E-state index in [4.69, 9.17) is 0 Å². The van der Waals surface area contributed by atoms with Crippen molar-refractivity contribution >= 4 is 12.1 Å². The van der Waals surface area contributed by atoms with Gasteiger partial charge in [0.1, 0.15) is 0 Å². The van der Waals surface area contributed by atoms with Gasteiger partial charge in [0, 0.05) is 31.3 Å². The molecule has 0 atom stereocenters. The lowest BCUT2D eigenvalue weighted by Gasteiger charge is -2.02. The topological polar surface area (TPSA) is 64.7 Å². The molecule has 2 heterocycles. The van der Waals surface area contributed by atoms with Crippen LogP contribution in [0.25, 0.3) is 6.20 Å². The van der Waals surface area contributed by atoms with Crippen molar-refractivity contribution in [1.29, 1.82) is 0 Å². The zero-order valence-corrected chi connectivity index (χ0v) is 13.7. The molecule has 6 nitrogen and oxygen atoms in total. The summed E-state index contributed by atoms with van der Waals surface area (Å²) in [5, 5.41) is 11.2. The lowest BCUT2D eigenvalue weighted by molar-refractivity contribution is 0.0945. The van der Waals surface area contributed by atoms with Gasteiger partial charge in [0.15, 0.2) is 5.69 Å². The maximum absolute atomic E-state index is 12.1. The Bertz CT molecular complexity index is 847. The second kappa shape index (κ2) is 8.44. The first-order valence-corrected chi connectivity index (χ1v) is 7.99. The molecule has 0 spiro atoms. The van der Waals surface area contributed by atoms with E-state index in [1.54, 1.807) is 29.3 Å². The number of rotatable bonds is 7. The van der Waals surface area contributed by atoms with Crippen LogP contribution in [0.4, 0.5) is 0 Å². The predicted octanol–water partition coefficient (Wildman–Crippen LogP) is 2.74. The Kier molecular flexibility index (Phi) is 5.56. The molecule has 1 amide bonds. The van der Waals surface area contributed by atoms with E-state index in [0.717, 1.165) is 5.56 Å². The van der Waals surface area contributed by atoms with Crippen molar-refractivity contribution in [1.82, 2.24) is 24.9 Å². The number of carbonyl (C=O) groups is 1. The van der Waals surface area contributed by atoms with Crippen molar-refractivity contribution in [3.63, 3.8) is 0 Å². The lowest BCUT2D eigenvalue weighted by Crippen LogP contribution is -2.23. The number of carbonyl (C=O) groups excluding carboxylic acids is 1. The van der Waals surface area contributed by atoms with E-state index in [0.29, 0.717) is 18.8 Å². The van der Waals surface area contributed by atoms with Crippen LogP contribution < -0.4 is 5.32 Å². The zero-order chi connectivity index (χ0) is 17.3. The summed E-state index contributed by atoms with van der Waals surface area (Å²) in [5.41, 5.74) is 1.44. The summed E-state index contributed by atoms with van der Waals surface area (Å²) in [6.45, 7) is 1.20. The number of aromatic nitrogens is 4. The molecule has 0 saturated heterocycles. The second-order valence-electron chi connectivity index (χ2n) is 5.35. The molecule has 1 N–H and O–H groups in total. The fourth-order valence-electron chi connectivity index (χ4n) is 2.20. The van der Waals surface area contributed by atoms with Crippen molar-refractivity contribution in [3.05, 3.63) is 90.5 Å². The number of benzene rings is 1. The van der Waals surface area contributed by atoms with Crippen LogP contribution in [-0.4, -0.2) is 25.5 Å². The van der Waals surface area contributed by atoms with Crippen molar-refractivity contribution < 1.29 is 4.79 Å². The average Bonchev–Trinajstić information content (AvgIpc) is 3.32. The van der Waals surface area contributed by atoms with Gasteiger partial charge in [-0.2, -0.15) is 10.2 Å². The predicted molar refractivity (Wildman–Crippen MR) is 96.5 cm³/mol. The molecule has 0 aliphatic heterocycles. The molecular weight excluding hydrogens is 314 g/mol. The standard InChI is InChI=1S/C19H19N5O/c25-19(20-16-17-8-3-1-4-9-17)18-10-15-24(22-18)13-6-2-5-12-23-14-7-11-21-23/h1-11,13-15H,12,16H2,(H,20,25)/b5-2+,13-6+. The molecule has 1 aromatic carbocycles. The molecule has 0 fully saturated rings. The fraction of sp³-hybridized carbons (Fsp3) is 0.105. The summed E-state index contributed by atoms with van der Waals surface area (Å²) < 4.78 is 3.43. The molecule has 0 aliphatic carbocycles. The average molecular weight is 333 g/mol. The largest absolute Gasteiger partial charge is 0.347 e. The Morgan fingerprint density at radius 1 is 1.08 bits per heavy atom. The van der Waals surface area contributed by atoms with Crippen LogP contribution in [0.5, 0.6) is 0 Å². The highest BCUT2D eigenvalue weighted by molar-refractivity contribution is 5.92. The first-order valence-electron chi connectivity index (χ1n) is 7.99. The molecular formula is C19H19N5O. The van der Waals surface area contributed by atoms with Gasteiger partial charge < -0.3 is 5.32 Å². The molecule has 0 saturated carbocycles. The summed E-state index contributed by atoms with van der Waals surface area (Å²) in [7, 11) is 0. The normalized spacial score (nSPS) is 11.4. The van der Waals surface area contributed by atoms with Gasteiger partial charge >= 0.3 is 0 Å². The number of nitrogens with zero attached hydrogens (tertiary/aromatic N) is 4. The van der Waals surface area contributed by atoms with Crippen molar-refractivity contribution in [3.8, 4) is 0 Å². The highest BCUT2D eigenvalue weighted by atomic mass is 16.1. The Hall–Kier alpha value is -3.41. The van der Waals surface area contributed by atoms with Crippen LogP contribution in [0.15, 0.2) is 79.3 Å². The Morgan fingerprint density at radius 2 is 1.96 bits per heavy atom. The van der Waals surface area contributed by atoms with Gasteiger partial charge in [-0.1, -0.05) is 42.5 Å². The lowest BCUT2D eigenvalue weighted by atomic mass is 10.2. The molecule has 0 radical (unpaired) electrons. The first kappa shape index (κ1) is 16.4. The summed E-state index contributed by atoms with van der Waals surface area (Å²) in [6, 6.07) is 13.4. The monoisotopic (exact) mass is 333 g/mol. The van der Waals surface area contributed by atoms with E-state index in [1.807, 2.05) is 65.5 Å². The van der Waals surface area contributed by atoms with E-state index in [2.05, 4.69) is 15.5 Å². The number of hydrogen-bond donors (Lipinski definition) is 1. The van der Waals surface area contributed by atoms with E-state index >= 15 is 0 Å². The van der Waals surface area contributed by atoms with Gasteiger partial charge in [0.25, 0.3) is 5.91 Å². The van der Waals surface area contributed by atoms with Crippen LogP contribution in [0.1, 0.15) is 16.1 Å². The smallest absolute Gasteiger partial charge is 0.272 e. The third-order valence-electron chi connectivity index (χ3n) is 3.47.